The summed E-state index contributed by atoms with van der Waals surface area (Å²) in [6.45, 7) is 1.58. The van der Waals surface area contributed by atoms with Gasteiger partial charge in [-0.2, -0.15) is 18.4 Å². The van der Waals surface area contributed by atoms with Crippen molar-refractivity contribution >= 4 is 40.7 Å². The van der Waals surface area contributed by atoms with E-state index in [9.17, 15) is 22.4 Å². The van der Waals surface area contributed by atoms with E-state index >= 15 is 0 Å². The van der Waals surface area contributed by atoms with E-state index in [-0.39, 0.29) is 17.3 Å². The number of thioether (sulfide) groups is 1. The van der Waals surface area contributed by atoms with Crippen LogP contribution < -0.4 is 10.6 Å². The van der Waals surface area contributed by atoms with Crippen LogP contribution in [0, 0.1) is 23.1 Å². The van der Waals surface area contributed by atoms with Gasteiger partial charge in [0, 0.05) is 16.6 Å². The van der Waals surface area contributed by atoms with E-state index in [1.54, 1.807) is 19.1 Å². The first kappa shape index (κ1) is 22.6. The molecule has 152 valence electrons. The van der Waals surface area contributed by atoms with E-state index in [0.29, 0.717) is 6.07 Å². The smallest absolute Gasteiger partial charge is 0.376 e. The minimum atomic E-state index is -4.78. The minimum absolute atomic E-state index is 0.174. The first-order chi connectivity index (χ1) is 13.5. The molecule has 10 heteroatoms. The third kappa shape index (κ3) is 5.68. The lowest BCUT2D eigenvalue weighted by Crippen LogP contribution is -2.44. The maximum Gasteiger partial charge on any atom is 0.417 e. The number of nitrogens with two attached hydrogens (primary N) is 1. The molecule has 4 nitrogen and oxygen atoms in total. The molecule has 2 N–H and O–H groups in total. The zero-order chi connectivity index (χ0) is 21.8. The van der Waals surface area contributed by atoms with Crippen molar-refractivity contribution in [1.82, 2.24) is 0 Å². The summed E-state index contributed by atoms with van der Waals surface area (Å²) in [5.74, 6) is -1.37. The van der Waals surface area contributed by atoms with Gasteiger partial charge in [0.25, 0.3) is 0 Å². The van der Waals surface area contributed by atoms with Gasteiger partial charge in [-0.25, -0.2) is 4.39 Å². The standard InChI is InChI=1S/C19H15F4N3OS2/c1-11(10-29-15-6-3-13(20)4-7-15)17(27)26(18(25)28)14-5-2-12(9-24)16(8-14)19(21,22)23/h2-8,11H,10H2,1H3,(H2,25,28). The summed E-state index contributed by atoms with van der Waals surface area (Å²) in [6, 6.07) is 9.98. The fourth-order valence-corrected chi connectivity index (χ4v) is 3.52. The second-order valence-electron chi connectivity index (χ2n) is 6.02. The number of rotatable bonds is 5. The van der Waals surface area contributed by atoms with Gasteiger partial charge >= 0.3 is 6.18 Å². The Morgan fingerprint density at radius 1 is 1.28 bits per heavy atom. The molecule has 2 aromatic carbocycles. The number of anilines is 1. The Morgan fingerprint density at radius 3 is 2.41 bits per heavy atom. The number of nitrogens with zero attached hydrogens (tertiary/aromatic N) is 2. The zero-order valence-corrected chi connectivity index (χ0v) is 16.7. The van der Waals surface area contributed by atoms with Crippen LogP contribution in [0.25, 0.3) is 0 Å². The molecule has 0 aromatic heterocycles. The summed E-state index contributed by atoms with van der Waals surface area (Å²) < 4.78 is 52.7. The lowest BCUT2D eigenvalue weighted by molar-refractivity contribution is -0.137. The van der Waals surface area contributed by atoms with Crippen LogP contribution in [0.4, 0.5) is 23.2 Å². The van der Waals surface area contributed by atoms with Gasteiger partial charge in [0.05, 0.1) is 22.9 Å². The first-order valence-corrected chi connectivity index (χ1v) is 9.57. The number of alkyl halides is 3. The molecule has 0 aliphatic rings. The van der Waals surface area contributed by atoms with Crippen molar-refractivity contribution < 1.29 is 22.4 Å². The topological polar surface area (TPSA) is 70.1 Å². The predicted octanol–water partition coefficient (Wildman–Crippen LogP) is 4.72. The number of thiocarbonyl (C=S) groups is 1. The molecule has 0 bridgehead atoms. The van der Waals surface area contributed by atoms with Crippen LogP contribution in [0.2, 0.25) is 0 Å². The number of carbonyl (C=O) groups excluding carboxylic acids is 1. The Bertz CT molecular complexity index is 955. The second kappa shape index (κ2) is 9.24. The van der Waals surface area contributed by atoms with Crippen LogP contribution in [0.5, 0.6) is 0 Å². The predicted molar refractivity (Wildman–Crippen MR) is 107 cm³/mol. The molecule has 0 aliphatic carbocycles. The van der Waals surface area contributed by atoms with E-state index in [0.717, 1.165) is 15.9 Å². The van der Waals surface area contributed by atoms with Crippen LogP contribution in [0.15, 0.2) is 47.4 Å². The molecule has 29 heavy (non-hydrogen) atoms. The molecule has 0 radical (unpaired) electrons. The van der Waals surface area contributed by atoms with Gasteiger partial charge in [0.2, 0.25) is 5.91 Å². The highest BCUT2D eigenvalue weighted by molar-refractivity contribution is 7.99. The number of hydrogen-bond acceptors (Lipinski definition) is 4. The Kier molecular flexibility index (Phi) is 7.21. The lowest BCUT2D eigenvalue weighted by Gasteiger charge is -2.25. The molecule has 2 aromatic rings. The van der Waals surface area contributed by atoms with Crippen LogP contribution in [-0.4, -0.2) is 16.8 Å². The summed E-state index contributed by atoms with van der Waals surface area (Å²) in [7, 11) is 0. The summed E-state index contributed by atoms with van der Waals surface area (Å²) in [5, 5.41) is 8.50. The van der Waals surface area contributed by atoms with E-state index in [1.807, 2.05) is 0 Å². The van der Waals surface area contributed by atoms with Crippen molar-refractivity contribution in [2.24, 2.45) is 11.7 Å². The van der Waals surface area contributed by atoms with E-state index in [2.05, 4.69) is 0 Å². The molecule has 0 fully saturated rings. The van der Waals surface area contributed by atoms with Crippen molar-refractivity contribution in [2.45, 2.75) is 18.0 Å². The Morgan fingerprint density at radius 2 is 1.90 bits per heavy atom. The van der Waals surface area contributed by atoms with Crippen molar-refractivity contribution in [3.05, 3.63) is 59.4 Å². The van der Waals surface area contributed by atoms with Gasteiger partial charge in [-0.1, -0.05) is 6.92 Å². The highest BCUT2D eigenvalue weighted by Gasteiger charge is 2.35. The summed E-state index contributed by atoms with van der Waals surface area (Å²) in [4.78, 5) is 14.4. The SMILES string of the molecule is CC(CSc1ccc(F)cc1)C(=O)N(C(N)=S)c1ccc(C#N)c(C(F)(F)F)c1. The normalized spacial score (nSPS) is 12.1. The molecule has 0 heterocycles. The Balaban J connectivity index is 2.26. The molecule has 0 aliphatic heterocycles. The molecule has 1 atom stereocenters. The van der Waals surface area contributed by atoms with Crippen molar-refractivity contribution in [3.63, 3.8) is 0 Å². The van der Waals surface area contributed by atoms with Crippen LogP contribution in [0.1, 0.15) is 18.1 Å². The van der Waals surface area contributed by atoms with Gasteiger partial charge in [-0.15, -0.1) is 11.8 Å². The van der Waals surface area contributed by atoms with Gasteiger partial charge in [-0.05, 0) is 54.7 Å². The molecular formula is C19H15F4N3OS2. The molecule has 1 unspecified atom stereocenters. The number of benzene rings is 2. The highest BCUT2D eigenvalue weighted by atomic mass is 32.2. The van der Waals surface area contributed by atoms with E-state index < -0.39 is 34.2 Å². The van der Waals surface area contributed by atoms with Gasteiger partial charge in [0.15, 0.2) is 5.11 Å². The minimum Gasteiger partial charge on any atom is -0.376 e. The third-order valence-corrected chi connectivity index (χ3v) is 5.32. The highest BCUT2D eigenvalue weighted by Crippen LogP contribution is 2.35. The lowest BCUT2D eigenvalue weighted by atomic mass is 10.1. The summed E-state index contributed by atoms with van der Waals surface area (Å²) in [6.07, 6.45) is -4.78. The molecule has 0 saturated carbocycles. The number of halogens is 4. The van der Waals surface area contributed by atoms with Crippen LogP contribution in [0.3, 0.4) is 0 Å². The fourth-order valence-electron chi connectivity index (χ4n) is 2.41. The van der Waals surface area contributed by atoms with E-state index in [1.165, 1.54) is 36.0 Å². The van der Waals surface area contributed by atoms with Crippen molar-refractivity contribution in [1.29, 1.82) is 5.26 Å². The molecule has 0 spiro atoms. The Hall–Kier alpha value is -2.64. The molecule has 1 amide bonds. The average molecular weight is 441 g/mol. The Labute approximate surface area is 174 Å². The summed E-state index contributed by atoms with van der Waals surface area (Å²) >= 11 is 6.15. The maximum absolute atomic E-state index is 13.2. The monoisotopic (exact) mass is 441 g/mol. The summed E-state index contributed by atoms with van der Waals surface area (Å²) in [5.41, 5.74) is 3.68. The largest absolute Gasteiger partial charge is 0.417 e. The van der Waals surface area contributed by atoms with Crippen molar-refractivity contribution in [3.8, 4) is 6.07 Å². The average Bonchev–Trinajstić information content (AvgIpc) is 2.66. The number of amides is 1. The first-order valence-electron chi connectivity index (χ1n) is 8.17. The maximum atomic E-state index is 13.2. The number of carbonyl (C=O) groups is 1. The van der Waals surface area contributed by atoms with Crippen molar-refractivity contribution in [2.75, 3.05) is 10.7 Å². The number of nitriles is 1. The third-order valence-electron chi connectivity index (χ3n) is 3.86. The van der Waals surface area contributed by atoms with Gasteiger partial charge in [0.1, 0.15) is 5.82 Å². The molecule has 2 rings (SSSR count). The quantitative estimate of drug-likeness (QED) is 0.413. The van der Waals surface area contributed by atoms with Crippen LogP contribution in [-0.2, 0) is 11.0 Å². The van der Waals surface area contributed by atoms with Gasteiger partial charge < -0.3 is 5.73 Å². The van der Waals surface area contributed by atoms with E-state index in [4.69, 9.17) is 23.2 Å². The fraction of sp³-hybridized carbons (Fsp3) is 0.211. The number of hydrogen-bond donors (Lipinski definition) is 1. The second-order valence-corrected chi connectivity index (χ2v) is 7.53. The molecule has 0 saturated heterocycles. The zero-order valence-electron chi connectivity index (χ0n) is 15.0. The van der Waals surface area contributed by atoms with Gasteiger partial charge in [-0.3, -0.25) is 9.69 Å². The molecular weight excluding hydrogens is 426 g/mol. The van der Waals surface area contributed by atoms with Crippen LogP contribution >= 0.6 is 24.0 Å².